The van der Waals surface area contributed by atoms with Crippen LogP contribution in [0.1, 0.15) is 11.6 Å². The Bertz CT molecular complexity index is 1110. The van der Waals surface area contributed by atoms with Crippen LogP contribution in [0, 0.1) is 0 Å². The lowest BCUT2D eigenvalue weighted by Crippen LogP contribution is -2.33. The van der Waals surface area contributed by atoms with Gasteiger partial charge in [0.15, 0.2) is 5.58 Å². The van der Waals surface area contributed by atoms with Gasteiger partial charge in [-0.25, -0.2) is 9.78 Å². The average molecular weight is 345 g/mol. The van der Waals surface area contributed by atoms with Crippen molar-refractivity contribution in [2.24, 2.45) is 0 Å². The number of nitrogens with zero attached hydrogens (tertiary/aromatic N) is 3. The van der Waals surface area contributed by atoms with E-state index >= 15 is 0 Å². The fourth-order valence-electron chi connectivity index (χ4n) is 3.46. The number of anilines is 1. The van der Waals surface area contributed by atoms with Gasteiger partial charge in [-0.2, -0.15) is 0 Å². The molecule has 26 heavy (non-hydrogen) atoms. The minimum atomic E-state index is -0.258. The molecular weight excluding hydrogens is 330 g/mol. The zero-order valence-corrected chi connectivity index (χ0v) is 13.7. The van der Waals surface area contributed by atoms with E-state index in [0.29, 0.717) is 17.8 Å². The summed E-state index contributed by atoms with van der Waals surface area (Å²) < 4.78 is 7.16. The third-order valence-corrected chi connectivity index (χ3v) is 4.66. The third kappa shape index (κ3) is 2.33. The Kier molecular flexibility index (Phi) is 3.24. The molecule has 1 aliphatic heterocycles. The molecule has 1 aliphatic rings. The first-order chi connectivity index (χ1) is 12.8. The van der Waals surface area contributed by atoms with Gasteiger partial charge in [0.05, 0.1) is 30.5 Å². The van der Waals surface area contributed by atoms with Crippen molar-refractivity contribution in [2.45, 2.75) is 6.04 Å². The predicted octanol–water partition coefficient (Wildman–Crippen LogP) is 3.42. The van der Waals surface area contributed by atoms with Gasteiger partial charge in [0.2, 0.25) is 0 Å². The fourth-order valence-corrected chi connectivity index (χ4v) is 3.46. The number of hydrogen-bond donors (Lipinski definition) is 2. The van der Waals surface area contributed by atoms with Crippen LogP contribution < -0.4 is 10.6 Å². The summed E-state index contributed by atoms with van der Waals surface area (Å²) in [5.41, 5.74) is 4.80. The highest BCUT2D eigenvalue weighted by Gasteiger charge is 2.28. The maximum atomic E-state index is 12.3. The number of benzene rings is 2. The van der Waals surface area contributed by atoms with Crippen molar-refractivity contribution in [3.8, 4) is 11.3 Å². The molecule has 0 saturated heterocycles. The number of rotatable bonds is 3. The van der Waals surface area contributed by atoms with Crippen LogP contribution >= 0.6 is 0 Å². The fraction of sp³-hybridized carbons (Fsp3) is 0.105. The Morgan fingerprint density at radius 3 is 3.08 bits per heavy atom. The first-order valence-corrected chi connectivity index (χ1v) is 8.30. The summed E-state index contributed by atoms with van der Waals surface area (Å²) in [5, 5.41) is 10.4. The molecule has 2 aromatic carbocycles. The molecule has 1 unspecified atom stereocenters. The quantitative estimate of drug-likeness (QED) is 0.596. The first kappa shape index (κ1) is 14.7. The third-order valence-electron chi connectivity index (χ3n) is 4.66. The zero-order valence-electron chi connectivity index (χ0n) is 13.7. The van der Waals surface area contributed by atoms with Crippen molar-refractivity contribution in [2.75, 3.05) is 11.9 Å². The summed E-state index contributed by atoms with van der Waals surface area (Å²) in [5.74, 6) is 0. The molecule has 2 N–H and O–H groups in total. The Hall–Kier alpha value is -3.61. The Balaban J connectivity index is 1.31. The molecule has 2 amide bonds. The number of hydrogen-bond acceptors (Lipinski definition) is 4. The minimum absolute atomic E-state index is 0.0370. The van der Waals surface area contributed by atoms with E-state index in [1.807, 2.05) is 24.4 Å². The van der Waals surface area contributed by atoms with Crippen molar-refractivity contribution in [3.05, 3.63) is 66.7 Å². The van der Waals surface area contributed by atoms with Crippen LogP contribution in [0.5, 0.6) is 0 Å². The molecule has 0 aliphatic carbocycles. The van der Waals surface area contributed by atoms with E-state index in [1.54, 1.807) is 24.7 Å². The number of urea groups is 1. The van der Waals surface area contributed by atoms with E-state index in [9.17, 15) is 4.79 Å². The Labute approximate surface area is 148 Å². The molecule has 2 aromatic heterocycles. The largest absolute Gasteiger partial charge is 0.356 e. The molecule has 5 rings (SSSR count). The van der Waals surface area contributed by atoms with E-state index in [-0.39, 0.29) is 12.1 Å². The molecule has 7 heteroatoms. The molecule has 0 saturated carbocycles. The molecule has 3 heterocycles. The van der Waals surface area contributed by atoms with Gasteiger partial charge in [-0.05, 0) is 23.8 Å². The second kappa shape index (κ2) is 5.73. The minimum Gasteiger partial charge on any atom is -0.356 e. The first-order valence-electron chi connectivity index (χ1n) is 8.30. The Morgan fingerprint density at radius 1 is 1.19 bits per heavy atom. The van der Waals surface area contributed by atoms with Crippen LogP contribution in [0.3, 0.4) is 0 Å². The van der Waals surface area contributed by atoms with Crippen molar-refractivity contribution in [1.29, 1.82) is 0 Å². The number of carbonyl (C=O) groups is 1. The van der Waals surface area contributed by atoms with Crippen LogP contribution in [-0.2, 0) is 0 Å². The van der Waals surface area contributed by atoms with E-state index in [2.05, 4.69) is 37.5 Å². The summed E-state index contributed by atoms with van der Waals surface area (Å²) in [6.45, 7) is 0.474. The van der Waals surface area contributed by atoms with E-state index in [1.165, 1.54) is 5.56 Å². The normalized spacial score (nSPS) is 14.8. The average Bonchev–Trinajstić information content (AvgIpc) is 3.36. The highest BCUT2D eigenvalue weighted by atomic mass is 16.5. The van der Waals surface area contributed by atoms with Crippen LogP contribution in [0.15, 0.2) is 65.7 Å². The molecule has 7 nitrogen and oxygen atoms in total. The number of imidazole rings is 1. The number of aromatic nitrogens is 3. The second-order valence-electron chi connectivity index (χ2n) is 6.20. The van der Waals surface area contributed by atoms with E-state index < -0.39 is 0 Å². The lowest BCUT2D eigenvalue weighted by molar-refractivity contribution is 0.251. The maximum absolute atomic E-state index is 12.3. The molecule has 128 valence electrons. The topological polar surface area (TPSA) is 85.0 Å². The van der Waals surface area contributed by atoms with Gasteiger partial charge in [-0.15, -0.1) is 0 Å². The van der Waals surface area contributed by atoms with Gasteiger partial charge in [0, 0.05) is 23.2 Å². The van der Waals surface area contributed by atoms with Crippen LogP contribution in [0.4, 0.5) is 10.5 Å². The van der Waals surface area contributed by atoms with E-state index in [0.717, 1.165) is 16.6 Å². The molecule has 1 atom stereocenters. The summed E-state index contributed by atoms with van der Waals surface area (Å²) in [4.78, 5) is 16.6. The van der Waals surface area contributed by atoms with Crippen LogP contribution in [0.2, 0.25) is 0 Å². The standard InChI is InChI=1S/C19H15N5O2/c25-19(23-13-5-6-18-12(7-13)8-22-26-18)21-10-17-15-4-2-1-3-14(15)16-9-20-11-24(16)17/h1-9,11,17H,10H2,(H2,21,23,25). The lowest BCUT2D eigenvalue weighted by Gasteiger charge is -2.16. The number of carbonyl (C=O) groups excluding carboxylic acids is 1. The number of nitrogens with one attached hydrogen (secondary N) is 2. The second-order valence-corrected chi connectivity index (χ2v) is 6.20. The smallest absolute Gasteiger partial charge is 0.319 e. The summed E-state index contributed by atoms with van der Waals surface area (Å²) in [7, 11) is 0. The van der Waals surface area contributed by atoms with Crippen molar-refractivity contribution in [1.82, 2.24) is 20.0 Å². The summed E-state index contributed by atoms with van der Waals surface area (Å²) in [6, 6.07) is 13.4. The monoisotopic (exact) mass is 345 g/mol. The number of amides is 2. The van der Waals surface area contributed by atoms with Gasteiger partial charge >= 0.3 is 6.03 Å². The van der Waals surface area contributed by atoms with Crippen molar-refractivity contribution >= 4 is 22.7 Å². The highest BCUT2D eigenvalue weighted by Crippen LogP contribution is 2.38. The molecule has 4 aromatic rings. The maximum Gasteiger partial charge on any atom is 0.319 e. The molecular formula is C19H15N5O2. The zero-order chi connectivity index (χ0) is 17.5. The van der Waals surface area contributed by atoms with Gasteiger partial charge in [-0.1, -0.05) is 29.4 Å². The van der Waals surface area contributed by atoms with Gasteiger partial charge < -0.3 is 19.7 Å². The van der Waals surface area contributed by atoms with Crippen molar-refractivity contribution < 1.29 is 9.32 Å². The van der Waals surface area contributed by atoms with Crippen molar-refractivity contribution in [3.63, 3.8) is 0 Å². The lowest BCUT2D eigenvalue weighted by atomic mass is 10.0. The molecule has 0 radical (unpaired) electrons. The van der Waals surface area contributed by atoms with Crippen LogP contribution in [-0.4, -0.2) is 27.3 Å². The van der Waals surface area contributed by atoms with Gasteiger partial charge in [0.1, 0.15) is 0 Å². The predicted molar refractivity (Wildman–Crippen MR) is 96.8 cm³/mol. The van der Waals surface area contributed by atoms with Gasteiger partial charge in [-0.3, -0.25) is 0 Å². The number of fused-ring (bicyclic) bond motifs is 4. The van der Waals surface area contributed by atoms with Crippen LogP contribution in [0.25, 0.3) is 22.2 Å². The molecule has 0 spiro atoms. The molecule has 0 bridgehead atoms. The highest BCUT2D eigenvalue weighted by molar-refractivity contribution is 5.92. The summed E-state index contributed by atoms with van der Waals surface area (Å²) in [6.07, 6.45) is 5.28. The van der Waals surface area contributed by atoms with E-state index in [4.69, 9.17) is 4.52 Å². The van der Waals surface area contributed by atoms with Gasteiger partial charge in [0.25, 0.3) is 0 Å². The summed E-state index contributed by atoms with van der Waals surface area (Å²) >= 11 is 0. The molecule has 0 fully saturated rings. The Morgan fingerprint density at radius 2 is 2.12 bits per heavy atom. The SMILES string of the molecule is O=C(NCC1c2ccccc2-c2cncn21)Nc1ccc2oncc2c1.